The zero-order chi connectivity index (χ0) is 18.6. The van der Waals surface area contributed by atoms with Crippen LogP contribution in [0, 0.1) is 5.82 Å². The van der Waals surface area contributed by atoms with Gasteiger partial charge in [-0.15, -0.1) is 0 Å². The number of carbonyl (C=O) groups is 1. The van der Waals surface area contributed by atoms with Gasteiger partial charge in [0.2, 0.25) is 0 Å². The number of hydrogen-bond donors (Lipinski definition) is 1. The lowest BCUT2D eigenvalue weighted by Crippen LogP contribution is -2.28. The van der Waals surface area contributed by atoms with Gasteiger partial charge in [-0.2, -0.15) is 5.10 Å². The van der Waals surface area contributed by atoms with E-state index in [-0.39, 0.29) is 17.8 Å². The third-order valence-corrected chi connectivity index (χ3v) is 4.63. The number of carbonyl (C=O) groups excluding carboxylic acids is 1. The van der Waals surface area contributed by atoms with Crippen molar-refractivity contribution in [2.45, 2.75) is 25.4 Å². The number of rotatable bonds is 4. The Morgan fingerprint density at radius 1 is 1.26 bits per heavy atom. The van der Waals surface area contributed by atoms with Crippen LogP contribution in [-0.2, 0) is 6.54 Å². The molecular weight excluding hydrogens is 345 g/mol. The van der Waals surface area contributed by atoms with E-state index in [1.54, 1.807) is 23.1 Å². The van der Waals surface area contributed by atoms with E-state index < -0.39 is 0 Å². The average Bonchev–Trinajstić information content (AvgIpc) is 3.05. The lowest BCUT2D eigenvalue weighted by atomic mass is 10.0. The van der Waals surface area contributed by atoms with Crippen LogP contribution < -0.4 is 10.1 Å². The second kappa shape index (κ2) is 7.61. The summed E-state index contributed by atoms with van der Waals surface area (Å²) in [6.07, 6.45) is 4.83. The Labute approximate surface area is 156 Å². The first-order valence-corrected chi connectivity index (χ1v) is 8.98. The van der Waals surface area contributed by atoms with E-state index in [1.165, 1.54) is 12.1 Å². The maximum absolute atomic E-state index is 13.5. The highest BCUT2D eigenvalue weighted by atomic mass is 19.1. The van der Waals surface area contributed by atoms with Gasteiger partial charge in [-0.3, -0.25) is 9.48 Å². The Morgan fingerprint density at radius 2 is 2.11 bits per heavy atom. The molecule has 0 saturated heterocycles. The van der Waals surface area contributed by atoms with Crippen LogP contribution in [-0.4, -0.2) is 22.3 Å². The third-order valence-electron chi connectivity index (χ3n) is 4.63. The highest BCUT2D eigenvalue weighted by Crippen LogP contribution is 2.32. The molecule has 5 nitrogen and oxygen atoms in total. The number of ether oxygens (including phenoxy) is 1. The highest BCUT2D eigenvalue weighted by Gasteiger charge is 2.23. The summed E-state index contributed by atoms with van der Waals surface area (Å²) in [7, 11) is 0. The lowest BCUT2D eigenvalue weighted by Gasteiger charge is -2.18. The molecule has 0 saturated carbocycles. The van der Waals surface area contributed by atoms with Gasteiger partial charge in [0, 0.05) is 17.8 Å². The maximum Gasteiger partial charge on any atom is 0.254 e. The number of halogens is 1. The maximum atomic E-state index is 13.5. The summed E-state index contributed by atoms with van der Waals surface area (Å²) in [6, 6.07) is 14.2. The largest absolute Gasteiger partial charge is 0.493 e. The van der Waals surface area contributed by atoms with Gasteiger partial charge in [-0.1, -0.05) is 36.4 Å². The van der Waals surface area contributed by atoms with Crippen molar-refractivity contribution in [3.8, 4) is 5.75 Å². The topological polar surface area (TPSA) is 56.1 Å². The molecule has 0 radical (unpaired) electrons. The SMILES string of the molecule is O=C(NC1CCCOc2cc(F)ccc21)c1cnn(Cc2ccccc2)c1. The van der Waals surface area contributed by atoms with Gasteiger partial charge in [0.05, 0.1) is 31.0 Å². The second-order valence-corrected chi connectivity index (χ2v) is 6.61. The van der Waals surface area contributed by atoms with E-state index in [1.807, 2.05) is 30.3 Å². The molecule has 1 aliphatic heterocycles. The summed E-state index contributed by atoms with van der Waals surface area (Å²) < 4.78 is 20.8. The molecule has 3 aromatic rings. The minimum atomic E-state index is -0.345. The third kappa shape index (κ3) is 4.00. The monoisotopic (exact) mass is 365 g/mol. The van der Waals surface area contributed by atoms with Gasteiger partial charge < -0.3 is 10.1 Å². The van der Waals surface area contributed by atoms with Crippen LogP contribution in [0.4, 0.5) is 4.39 Å². The summed E-state index contributed by atoms with van der Waals surface area (Å²) >= 11 is 0. The number of nitrogens with one attached hydrogen (secondary N) is 1. The Morgan fingerprint density at radius 3 is 2.96 bits per heavy atom. The molecule has 1 aromatic heterocycles. The number of hydrogen-bond acceptors (Lipinski definition) is 3. The lowest BCUT2D eigenvalue weighted by molar-refractivity contribution is 0.0934. The molecular formula is C21H20FN3O2. The quantitative estimate of drug-likeness (QED) is 0.767. The van der Waals surface area contributed by atoms with Crippen molar-refractivity contribution in [2.24, 2.45) is 0 Å². The van der Waals surface area contributed by atoms with Crippen molar-refractivity contribution in [1.82, 2.24) is 15.1 Å². The van der Waals surface area contributed by atoms with Gasteiger partial charge in [0.1, 0.15) is 11.6 Å². The van der Waals surface area contributed by atoms with Gasteiger partial charge in [-0.25, -0.2) is 4.39 Å². The fourth-order valence-electron chi connectivity index (χ4n) is 3.28. The van der Waals surface area contributed by atoms with Crippen molar-refractivity contribution in [3.63, 3.8) is 0 Å². The first-order chi connectivity index (χ1) is 13.2. The number of benzene rings is 2. The predicted octanol–water partition coefficient (Wildman–Crippen LogP) is 3.71. The molecule has 0 fully saturated rings. The first kappa shape index (κ1) is 17.3. The minimum Gasteiger partial charge on any atom is -0.493 e. The molecule has 2 aromatic carbocycles. The van der Waals surface area contributed by atoms with Crippen LogP contribution in [0.25, 0.3) is 0 Å². The van der Waals surface area contributed by atoms with E-state index in [9.17, 15) is 9.18 Å². The first-order valence-electron chi connectivity index (χ1n) is 8.98. The van der Waals surface area contributed by atoms with Crippen LogP contribution in [0.3, 0.4) is 0 Å². The Balaban J connectivity index is 1.48. The molecule has 27 heavy (non-hydrogen) atoms. The van der Waals surface area contributed by atoms with E-state index >= 15 is 0 Å². The summed E-state index contributed by atoms with van der Waals surface area (Å²) in [6.45, 7) is 1.12. The van der Waals surface area contributed by atoms with Crippen molar-refractivity contribution in [2.75, 3.05) is 6.61 Å². The van der Waals surface area contributed by atoms with E-state index in [2.05, 4.69) is 10.4 Å². The van der Waals surface area contributed by atoms with Crippen molar-refractivity contribution in [1.29, 1.82) is 0 Å². The molecule has 1 unspecified atom stereocenters. The molecule has 1 amide bonds. The van der Waals surface area contributed by atoms with Gasteiger partial charge in [-0.05, 0) is 24.5 Å². The molecule has 4 rings (SSSR count). The molecule has 0 spiro atoms. The minimum absolute atomic E-state index is 0.198. The Kier molecular flexibility index (Phi) is 4.87. The van der Waals surface area contributed by atoms with E-state index in [4.69, 9.17) is 4.74 Å². The molecule has 6 heteroatoms. The average molecular weight is 365 g/mol. The molecule has 0 aliphatic carbocycles. The van der Waals surface area contributed by atoms with Crippen LogP contribution in [0.1, 0.15) is 40.4 Å². The molecule has 1 atom stereocenters. The molecule has 1 N–H and O–H groups in total. The van der Waals surface area contributed by atoms with Crippen LogP contribution >= 0.6 is 0 Å². The van der Waals surface area contributed by atoms with E-state index in [0.717, 1.165) is 24.0 Å². The van der Waals surface area contributed by atoms with Crippen LogP contribution in [0.5, 0.6) is 5.75 Å². The van der Waals surface area contributed by atoms with Gasteiger partial charge >= 0.3 is 0 Å². The smallest absolute Gasteiger partial charge is 0.254 e. The Bertz CT molecular complexity index is 940. The standard InChI is InChI=1S/C21H20FN3O2/c22-17-8-9-18-19(7-4-10-27-20(18)11-17)24-21(26)16-12-23-25(14-16)13-15-5-2-1-3-6-15/h1-3,5-6,8-9,11-12,14,19H,4,7,10,13H2,(H,24,26). The number of amides is 1. The van der Waals surface area contributed by atoms with Crippen molar-refractivity contribution >= 4 is 5.91 Å². The number of nitrogens with zero attached hydrogens (tertiary/aromatic N) is 2. The number of aromatic nitrogens is 2. The van der Waals surface area contributed by atoms with Gasteiger partial charge in [0.25, 0.3) is 5.91 Å². The molecule has 138 valence electrons. The fraction of sp³-hybridized carbons (Fsp3) is 0.238. The van der Waals surface area contributed by atoms with E-state index in [0.29, 0.717) is 24.5 Å². The number of fused-ring (bicyclic) bond motifs is 1. The zero-order valence-electron chi connectivity index (χ0n) is 14.8. The van der Waals surface area contributed by atoms with Gasteiger partial charge in [0.15, 0.2) is 0 Å². The van der Waals surface area contributed by atoms with Crippen molar-refractivity contribution in [3.05, 3.63) is 83.4 Å². The normalized spacial score (nSPS) is 16.1. The second-order valence-electron chi connectivity index (χ2n) is 6.61. The summed E-state index contributed by atoms with van der Waals surface area (Å²) in [5.41, 5.74) is 2.42. The summed E-state index contributed by atoms with van der Waals surface area (Å²) in [4.78, 5) is 12.7. The summed E-state index contributed by atoms with van der Waals surface area (Å²) in [5, 5.41) is 7.31. The molecule has 1 aliphatic rings. The zero-order valence-corrected chi connectivity index (χ0v) is 14.8. The van der Waals surface area contributed by atoms with Crippen molar-refractivity contribution < 1.29 is 13.9 Å². The van der Waals surface area contributed by atoms with Crippen LogP contribution in [0.15, 0.2) is 60.9 Å². The predicted molar refractivity (Wildman–Crippen MR) is 99.1 cm³/mol. The Hall–Kier alpha value is -3.15. The summed E-state index contributed by atoms with van der Waals surface area (Å²) in [5.74, 6) is -0.0445. The fourth-order valence-corrected chi connectivity index (χ4v) is 3.28. The van der Waals surface area contributed by atoms with Crippen LogP contribution in [0.2, 0.25) is 0 Å². The molecule has 0 bridgehead atoms. The highest BCUT2D eigenvalue weighted by molar-refractivity contribution is 5.94. The molecule has 2 heterocycles.